The number of Topliss-reactive ketones (excluding diaryl/α,β-unsaturated/α-hetero) is 1. The van der Waals surface area contributed by atoms with Gasteiger partial charge in [0.1, 0.15) is 11.5 Å². The third-order valence-electron chi connectivity index (χ3n) is 4.11. The second-order valence-electron chi connectivity index (χ2n) is 5.89. The predicted molar refractivity (Wildman–Crippen MR) is 93.0 cm³/mol. The van der Waals surface area contributed by atoms with Crippen molar-refractivity contribution in [1.29, 1.82) is 0 Å². The Balaban J connectivity index is 2.26. The zero-order valence-electron chi connectivity index (χ0n) is 14.7. The minimum atomic E-state index is -0.384. The second-order valence-corrected chi connectivity index (χ2v) is 5.89. The van der Waals surface area contributed by atoms with Gasteiger partial charge in [0.25, 0.3) is 0 Å². The highest BCUT2D eigenvalue weighted by molar-refractivity contribution is 5.94. The molecule has 0 aliphatic rings. The molecule has 0 spiro atoms. The molecule has 0 aromatic heterocycles. The van der Waals surface area contributed by atoms with Crippen LogP contribution in [-0.2, 0) is 11.2 Å². The highest BCUT2D eigenvalue weighted by Gasteiger charge is 2.15. The first kappa shape index (κ1) is 17.7. The molecule has 2 aromatic carbocycles. The average Bonchev–Trinajstić information content (AvgIpc) is 2.55. The van der Waals surface area contributed by atoms with Gasteiger partial charge in [0.05, 0.1) is 13.5 Å². The van der Waals surface area contributed by atoms with Gasteiger partial charge in [-0.05, 0) is 62.6 Å². The van der Waals surface area contributed by atoms with E-state index in [2.05, 4.69) is 0 Å². The third-order valence-corrected chi connectivity index (χ3v) is 4.11. The van der Waals surface area contributed by atoms with Crippen molar-refractivity contribution in [2.45, 2.75) is 34.1 Å². The largest absolute Gasteiger partial charge is 0.496 e. The van der Waals surface area contributed by atoms with Crippen LogP contribution in [-0.4, -0.2) is 18.9 Å². The van der Waals surface area contributed by atoms with Crippen molar-refractivity contribution in [1.82, 2.24) is 0 Å². The Morgan fingerprint density at radius 3 is 2.29 bits per heavy atom. The summed E-state index contributed by atoms with van der Waals surface area (Å²) in [7, 11) is 1.53. The molecule has 0 radical (unpaired) electrons. The van der Waals surface area contributed by atoms with E-state index in [9.17, 15) is 9.59 Å². The Kier molecular flexibility index (Phi) is 5.39. The molecular weight excluding hydrogens is 304 g/mol. The first-order chi connectivity index (χ1) is 11.3. The number of hydrogen-bond acceptors (Lipinski definition) is 4. The van der Waals surface area contributed by atoms with E-state index >= 15 is 0 Å². The molecule has 0 aliphatic heterocycles. The zero-order chi connectivity index (χ0) is 17.9. The smallest absolute Gasteiger partial charge is 0.315 e. The summed E-state index contributed by atoms with van der Waals surface area (Å²) in [5, 5.41) is 0. The summed E-state index contributed by atoms with van der Waals surface area (Å²) in [6.07, 6.45) is 0.0388. The number of esters is 1. The van der Waals surface area contributed by atoms with E-state index in [1.54, 1.807) is 18.2 Å². The van der Waals surface area contributed by atoms with Crippen LogP contribution in [0.25, 0.3) is 0 Å². The van der Waals surface area contributed by atoms with Crippen LogP contribution in [0.4, 0.5) is 0 Å². The zero-order valence-corrected chi connectivity index (χ0v) is 14.7. The summed E-state index contributed by atoms with van der Waals surface area (Å²) in [6, 6.07) is 9.00. The molecule has 0 heterocycles. The van der Waals surface area contributed by atoms with Gasteiger partial charge < -0.3 is 9.47 Å². The molecule has 24 heavy (non-hydrogen) atoms. The minimum Gasteiger partial charge on any atom is -0.496 e. The fraction of sp³-hybridized carbons (Fsp3) is 0.300. The van der Waals surface area contributed by atoms with Crippen molar-refractivity contribution in [3.05, 3.63) is 58.1 Å². The summed E-state index contributed by atoms with van der Waals surface area (Å²) in [5.41, 5.74) is 4.11. The van der Waals surface area contributed by atoms with E-state index in [4.69, 9.17) is 9.47 Å². The van der Waals surface area contributed by atoms with Crippen molar-refractivity contribution in [2.75, 3.05) is 7.11 Å². The van der Waals surface area contributed by atoms with Gasteiger partial charge in [-0.3, -0.25) is 9.59 Å². The monoisotopic (exact) mass is 326 g/mol. The molecule has 4 nitrogen and oxygen atoms in total. The number of carbonyl (C=O) groups is 2. The van der Waals surface area contributed by atoms with Crippen LogP contribution in [0.1, 0.15) is 39.5 Å². The number of ketones is 1. The molecule has 2 rings (SSSR count). The molecule has 0 saturated heterocycles. The Bertz CT molecular complexity index is 790. The third kappa shape index (κ3) is 3.82. The summed E-state index contributed by atoms with van der Waals surface area (Å²) in [5.74, 6) is 0.722. The number of benzene rings is 2. The lowest BCUT2D eigenvalue weighted by molar-refractivity contribution is -0.133. The number of ether oxygens (including phenoxy) is 2. The summed E-state index contributed by atoms with van der Waals surface area (Å²) in [6.45, 7) is 7.31. The number of aryl methyl sites for hydroxylation is 2. The Morgan fingerprint density at radius 1 is 1.00 bits per heavy atom. The van der Waals surface area contributed by atoms with E-state index in [0.29, 0.717) is 22.6 Å². The maximum atomic E-state index is 12.4. The minimum absolute atomic E-state index is 0.0388. The Morgan fingerprint density at radius 2 is 1.67 bits per heavy atom. The molecule has 0 N–H and O–H groups in total. The molecule has 0 saturated carbocycles. The van der Waals surface area contributed by atoms with Gasteiger partial charge in [-0.2, -0.15) is 0 Å². The van der Waals surface area contributed by atoms with Crippen molar-refractivity contribution in [2.24, 2.45) is 0 Å². The molecular formula is C20H22O4. The topological polar surface area (TPSA) is 52.6 Å². The number of rotatable bonds is 5. The van der Waals surface area contributed by atoms with Crippen molar-refractivity contribution in [3.8, 4) is 11.5 Å². The van der Waals surface area contributed by atoms with Crippen LogP contribution >= 0.6 is 0 Å². The molecule has 0 aliphatic carbocycles. The fourth-order valence-electron chi connectivity index (χ4n) is 2.52. The van der Waals surface area contributed by atoms with Crippen LogP contribution in [0.3, 0.4) is 0 Å². The number of methoxy groups -OCH3 is 1. The van der Waals surface area contributed by atoms with Crippen LogP contribution in [0.5, 0.6) is 11.5 Å². The van der Waals surface area contributed by atoms with Gasteiger partial charge in [0, 0.05) is 11.1 Å². The molecule has 4 heteroatoms. The van der Waals surface area contributed by atoms with Crippen LogP contribution < -0.4 is 9.47 Å². The van der Waals surface area contributed by atoms with Crippen LogP contribution in [0.15, 0.2) is 30.3 Å². The highest BCUT2D eigenvalue weighted by atomic mass is 16.5. The molecule has 0 atom stereocenters. The van der Waals surface area contributed by atoms with Gasteiger partial charge in [-0.25, -0.2) is 0 Å². The van der Waals surface area contributed by atoms with Gasteiger partial charge in [0.2, 0.25) is 0 Å². The van der Waals surface area contributed by atoms with Gasteiger partial charge >= 0.3 is 5.97 Å². The molecule has 2 aromatic rings. The molecule has 0 fully saturated rings. The molecule has 0 unspecified atom stereocenters. The van der Waals surface area contributed by atoms with E-state index in [1.165, 1.54) is 14.0 Å². The first-order valence-corrected chi connectivity index (χ1v) is 7.78. The Labute approximate surface area is 142 Å². The van der Waals surface area contributed by atoms with Gasteiger partial charge in [-0.1, -0.05) is 12.1 Å². The molecule has 0 amide bonds. The summed E-state index contributed by atoms with van der Waals surface area (Å²) < 4.78 is 10.9. The summed E-state index contributed by atoms with van der Waals surface area (Å²) >= 11 is 0. The van der Waals surface area contributed by atoms with Crippen LogP contribution in [0.2, 0.25) is 0 Å². The van der Waals surface area contributed by atoms with Crippen molar-refractivity contribution in [3.63, 3.8) is 0 Å². The van der Waals surface area contributed by atoms with E-state index < -0.39 is 0 Å². The number of carbonyl (C=O) groups excluding carboxylic acids is 2. The van der Waals surface area contributed by atoms with Crippen molar-refractivity contribution >= 4 is 11.8 Å². The SMILES string of the molecule is COc1ccc(C(C)=O)cc1CC(=O)Oc1c(C)ccc(C)c1C. The Hall–Kier alpha value is -2.62. The van der Waals surface area contributed by atoms with Gasteiger partial charge in [0.15, 0.2) is 5.78 Å². The maximum Gasteiger partial charge on any atom is 0.315 e. The predicted octanol–water partition coefficient (Wildman–Crippen LogP) is 3.97. The lowest BCUT2D eigenvalue weighted by Gasteiger charge is -2.14. The maximum absolute atomic E-state index is 12.4. The molecule has 126 valence electrons. The quantitative estimate of drug-likeness (QED) is 0.474. The normalized spacial score (nSPS) is 10.4. The lowest BCUT2D eigenvalue weighted by atomic mass is 10.0. The fourth-order valence-corrected chi connectivity index (χ4v) is 2.52. The second kappa shape index (κ2) is 7.30. The summed E-state index contributed by atoms with van der Waals surface area (Å²) in [4.78, 5) is 23.9. The highest BCUT2D eigenvalue weighted by Crippen LogP contribution is 2.27. The molecule has 0 bridgehead atoms. The standard InChI is InChI=1S/C20H22O4/c1-12-6-7-13(2)20(14(12)3)24-19(22)11-17-10-16(15(4)21)8-9-18(17)23-5/h6-10H,11H2,1-5H3. The van der Waals surface area contributed by atoms with E-state index in [1.807, 2.05) is 32.9 Å². The average molecular weight is 326 g/mol. The number of hydrogen-bond donors (Lipinski definition) is 0. The van der Waals surface area contributed by atoms with Crippen molar-refractivity contribution < 1.29 is 19.1 Å². The first-order valence-electron chi connectivity index (χ1n) is 7.78. The van der Waals surface area contributed by atoms with E-state index in [0.717, 1.165) is 16.7 Å². The lowest BCUT2D eigenvalue weighted by Crippen LogP contribution is -2.14. The van der Waals surface area contributed by atoms with Gasteiger partial charge in [-0.15, -0.1) is 0 Å². The van der Waals surface area contributed by atoms with Crippen LogP contribution in [0, 0.1) is 20.8 Å². The van der Waals surface area contributed by atoms with E-state index in [-0.39, 0.29) is 18.2 Å².